The van der Waals surface area contributed by atoms with Crippen LogP contribution in [0.1, 0.15) is 10.4 Å². The number of methoxy groups -OCH3 is 1. The molecule has 146 valence electrons. The Hall–Kier alpha value is -3.59. The molecule has 0 saturated carbocycles. The van der Waals surface area contributed by atoms with Crippen LogP contribution in [0.25, 0.3) is 17.1 Å². The first-order valence-electron chi connectivity index (χ1n) is 8.74. The fourth-order valence-electron chi connectivity index (χ4n) is 2.86. The predicted octanol–water partition coefficient (Wildman–Crippen LogP) is 3.64. The van der Waals surface area contributed by atoms with Crippen LogP contribution in [0.4, 0.5) is 5.95 Å². The van der Waals surface area contributed by atoms with Gasteiger partial charge in [0.2, 0.25) is 5.95 Å². The number of hydrogen-bond acceptors (Lipinski definition) is 6. The topological polar surface area (TPSA) is 97.7 Å². The van der Waals surface area contributed by atoms with Crippen molar-refractivity contribution in [2.24, 2.45) is 0 Å². The van der Waals surface area contributed by atoms with Gasteiger partial charge in [0.05, 0.1) is 12.7 Å². The van der Waals surface area contributed by atoms with Gasteiger partial charge in [0, 0.05) is 23.6 Å². The highest BCUT2D eigenvalue weighted by atomic mass is 32.2. The molecule has 0 aliphatic carbocycles. The number of ether oxygens (including phenoxy) is 1. The van der Waals surface area contributed by atoms with E-state index in [-0.39, 0.29) is 11.9 Å². The molecule has 0 unspecified atom stereocenters. The van der Waals surface area contributed by atoms with Crippen LogP contribution in [-0.4, -0.2) is 44.0 Å². The van der Waals surface area contributed by atoms with Gasteiger partial charge in [0.15, 0.2) is 11.0 Å². The number of nitrogens with zero attached hydrogens (tertiary/aromatic N) is 4. The largest absolute Gasteiger partial charge is 0.496 e. The highest BCUT2D eigenvalue weighted by molar-refractivity contribution is 7.98. The van der Waals surface area contributed by atoms with Crippen LogP contribution >= 0.6 is 11.8 Å². The van der Waals surface area contributed by atoms with E-state index in [1.54, 1.807) is 37.2 Å². The molecule has 1 amide bonds. The van der Waals surface area contributed by atoms with E-state index in [4.69, 9.17) is 4.74 Å². The zero-order valence-corrected chi connectivity index (χ0v) is 16.6. The first kappa shape index (κ1) is 18.8. The standard InChI is InChI=1S/C20H18N6O2S/c1-28-16-6-4-3-5-15(16)17-22-19(25-24-17)23-18(27)13-7-9-14(10-8-13)26-12-11-21-20(26)29-2/h3-12H,1-2H3,(H2,22,23,24,25,27). The Kier molecular flexibility index (Phi) is 5.30. The number of aromatic amines is 1. The molecule has 2 heterocycles. The first-order valence-corrected chi connectivity index (χ1v) is 9.97. The van der Waals surface area contributed by atoms with Crippen molar-refractivity contribution in [3.05, 3.63) is 66.5 Å². The predicted molar refractivity (Wildman–Crippen MR) is 112 cm³/mol. The van der Waals surface area contributed by atoms with E-state index in [2.05, 4.69) is 25.5 Å². The number of hydrogen-bond donors (Lipinski definition) is 2. The Morgan fingerprint density at radius 2 is 1.97 bits per heavy atom. The first-order chi connectivity index (χ1) is 14.2. The minimum atomic E-state index is -0.294. The molecule has 0 atom stereocenters. The summed E-state index contributed by atoms with van der Waals surface area (Å²) in [6.07, 6.45) is 5.60. The highest BCUT2D eigenvalue weighted by Crippen LogP contribution is 2.27. The molecule has 29 heavy (non-hydrogen) atoms. The summed E-state index contributed by atoms with van der Waals surface area (Å²) in [5, 5.41) is 10.5. The van der Waals surface area contributed by atoms with Crippen molar-refractivity contribution < 1.29 is 9.53 Å². The molecular formula is C20H18N6O2S. The van der Waals surface area contributed by atoms with Crippen LogP contribution in [0.3, 0.4) is 0 Å². The summed E-state index contributed by atoms with van der Waals surface area (Å²) >= 11 is 1.56. The molecule has 0 spiro atoms. The second-order valence-electron chi connectivity index (χ2n) is 5.99. The Morgan fingerprint density at radius 3 is 2.72 bits per heavy atom. The number of carbonyl (C=O) groups excluding carboxylic acids is 1. The Morgan fingerprint density at radius 1 is 1.17 bits per heavy atom. The quantitative estimate of drug-likeness (QED) is 0.475. The summed E-state index contributed by atoms with van der Waals surface area (Å²) in [5.74, 6) is 1.08. The van der Waals surface area contributed by atoms with Crippen LogP contribution in [0.15, 0.2) is 66.1 Å². The normalized spacial score (nSPS) is 10.7. The average Bonchev–Trinajstić information content (AvgIpc) is 3.43. The molecule has 2 N–H and O–H groups in total. The zero-order valence-electron chi connectivity index (χ0n) is 15.8. The van der Waals surface area contributed by atoms with Crippen LogP contribution < -0.4 is 10.1 Å². The second-order valence-corrected chi connectivity index (χ2v) is 6.77. The minimum Gasteiger partial charge on any atom is -0.496 e. The van der Waals surface area contributed by atoms with Crippen LogP contribution in [-0.2, 0) is 0 Å². The third-order valence-corrected chi connectivity index (χ3v) is 4.94. The third kappa shape index (κ3) is 3.85. The van der Waals surface area contributed by atoms with Gasteiger partial charge in [-0.3, -0.25) is 19.8 Å². The number of H-pyrrole nitrogens is 1. The molecule has 8 nitrogen and oxygen atoms in total. The maximum atomic E-state index is 12.6. The molecule has 2 aromatic carbocycles. The lowest BCUT2D eigenvalue weighted by atomic mass is 10.2. The maximum Gasteiger partial charge on any atom is 0.258 e. The number of benzene rings is 2. The van der Waals surface area contributed by atoms with Gasteiger partial charge in [-0.1, -0.05) is 23.9 Å². The van der Waals surface area contributed by atoms with Crippen molar-refractivity contribution in [1.82, 2.24) is 24.7 Å². The lowest BCUT2D eigenvalue weighted by molar-refractivity contribution is 0.102. The summed E-state index contributed by atoms with van der Waals surface area (Å²) in [6, 6.07) is 14.7. The molecule has 0 aliphatic heterocycles. The molecule has 0 bridgehead atoms. The monoisotopic (exact) mass is 406 g/mol. The van der Waals surface area contributed by atoms with Crippen molar-refractivity contribution in [3.8, 4) is 22.8 Å². The Labute approximate surface area is 171 Å². The van der Waals surface area contributed by atoms with Gasteiger partial charge >= 0.3 is 0 Å². The number of imidazole rings is 1. The molecule has 0 aliphatic rings. The molecule has 0 fully saturated rings. The van der Waals surface area contributed by atoms with E-state index in [1.807, 2.05) is 53.4 Å². The van der Waals surface area contributed by atoms with Gasteiger partial charge in [-0.25, -0.2) is 4.98 Å². The highest BCUT2D eigenvalue weighted by Gasteiger charge is 2.13. The van der Waals surface area contributed by atoms with Crippen LogP contribution in [0, 0.1) is 0 Å². The molecule has 0 saturated heterocycles. The van der Waals surface area contributed by atoms with Gasteiger partial charge < -0.3 is 4.74 Å². The minimum absolute atomic E-state index is 0.194. The number of anilines is 1. The Balaban J connectivity index is 1.49. The number of amides is 1. The number of rotatable bonds is 6. The molecule has 4 aromatic rings. The van der Waals surface area contributed by atoms with E-state index < -0.39 is 0 Å². The average molecular weight is 406 g/mol. The van der Waals surface area contributed by atoms with Crippen molar-refractivity contribution in [2.75, 3.05) is 18.7 Å². The van der Waals surface area contributed by atoms with Crippen molar-refractivity contribution in [3.63, 3.8) is 0 Å². The number of carbonyl (C=O) groups is 1. The number of nitrogens with one attached hydrogen (secondary N) is 2. The Bertz CT molecular complexity index is 1140. The van der Waals surface area contributed by atoms with Crippen molar-refractivity contribution in [2.45, 2.75) is 5.16 Å². The molecule has 4 rings (SSSR count). The van der Waals surface area contributed by atoms with E-state index in [9.17, 15) is 4.79 Å². The maximum absolute atomic E-state index is 12.6. The number of aromatic nitrogens is 5. The van der Waals surface area contributed by atoms with Gasteiger partial charge in [-0.05, 0) is 42.7 Å². The number of thioether (sulfide) groups is 1. The second kappa shape index (κ2) is 8.19. The summed E-state index contributed by atoms with van der Waals surface area (Å²) in [4.78, 5) is 21.2. The molecular weight excluding hydrogens is 388 g/mol. The molecule has 2 aromatic heterocycles. The lowest BCUT2D eigenvalue weighted by Crippen LogP contribution is -2.13. The van der Waals surface area contributed by atoms with E-state index in [0.717, 1.165) is 16.4 Å². The summed E-state index contributed by atoms with van der Waals surface area (Å²) < 4.78 is 7.29. The fraction of sp³-hybridized carbons (Fsp3) is 0.100. The summed E-state index contributed by atoms with van der Waals surface area (Å²) in [6.45, 7) is 0. The lowest BCUT2D eigenvalue weighted by Gasteiger charge is -2.07. The third-order valence-electron chi connectivity index (χ3n) is 4.27. The SMILES string of the molecule is COc1ccccc1-c1nc(NC(=O)c2ccc(-n3ccnc3SC)cc2)n[nH]1. The van der Waals surface area contributed by atoms with E-state index in [0.29, 0.717) is 17.1 Å². The zero-order chi connectivity index (χ0) is 20.2. The smallest absolute Gasteiger partial charge is 0.258 e. The van der Waals surface area contributed by atoms with Crippen molar-refractivity contribution in [1.29, 1.82) is 0 Å². The van der Waals surface area contributed by atoms with Gasteiger partial charge in [-0.2, -0.15) is 4.98 Å². The number of para-hydroxylation sites is 1. The summed E-state index contributed by atoms with van der Waals surface area (Å²) in [7, 11) is 1.59. The van der Waals surface area contributed by atoms with Crippen LogP contribution in [0.5, 0.6) is 5.75 Å². The van der Waals surface area contributed by atoms with E-state index >= 15 is 0 Å². The van der Waals surface area contributed by atoms with E-state index in [1.165, 1.54) is 0 Å². The van der Waals surface area contributed by atoms with Crippen LogP contribution in [0.2, 0.25) is 0 Å². The summed E-state index contributed by atoms with van der Waals surface area (Å²) in [5.41, 5.74) is 2.19. The van der Waals surface area contributed by atoms with Gasteiger partial charge in [0.25, 0.3) is 5.91 Å². The molecule has 0 radical (unpaired) electrons. The molecule has 9 heteroatoms. The van der Waals surface area contributed by atoms with Gasteiger partial charge in [-0.15, -0.1) is 5.10 Å². The van der Waals surface area contributed by atoms with Gasteiger partial charge in [0.1, 0.15) is 5.75 Å². The van der Waals surface area contributed by atoms with Crippen molar-refractivity contribution >= 4 is 23.6 Å². The fourth-order valence-corrected chi connectivity index (χ4v) is 3.39.